The third-order valence-electron chi connectivity index (χ3n) is 4.56. The lowest BCUT2D eigenvalue weighted by molar-refractivity contribution is 0.262. The van der Waals surface area contributed by atoms with Crippen LogP contribution in [0, 0.1) is 0 Å². The highest BCUT2D eigenvalue weighted by atomic mass is 16.5. The van der Waals surface area contributed by atoms with Gasteiger partial charge in [-0.2, -0.15) is 5.10 Å². The van der Waals surface area contributed by atoms with Gasteiger partial charge >= 0.3 is 6.03 Å². The van der Waals surface area contributed by atoms with E-state index >= 15 is 0 Å². The minimum Gasteiger partial charge on any atom is -0.359 e. The first kappa shape index (κ1) is 20.3. The van der Waals surface area contributed by atoms with Gasteiger partial charge in [0.05, 0.1) is 30.0 Å². The zero-order chi connectivity index (χ0) is 22.0. The number of nitrogens with one attached hydrogen (secondary N) is 2. The summed E-state index contributed by atoms with van der Waals surface area (Å²) in [6, 6.07) is 8.67. The van der Waals surface area contributed by atoms with E-state index in [9.17, 15) is 4.79 Å². The summed E-state index contributed by atoms with van der Waals surface area (Å²) in [5.74, 6) is 1.06. The lowest BCUT2D eigenvalue weighted by atomic mass is 9.93. The Morgan fingerprint density at radius 1 is 1.00 bits per heavy atom. The molecule has 4 rings (SSSR count). The number of amides is 2. The summed E-state index contributed by atoms with van der Waals surface area (Å²) in [5.41, 5.74) is 3.71. The number of aromatic nitrogens is 5. The predicted molar refractivity (Wildman–Crippen MR) is 118 cm³/mol. The van der Waals surface area contributed by atoms with Crippen molar-refractivity contribution in [1.82, 2.24) is 24.9 Å². The standard InChI is InChI=1S/C22H23N7O2/c1-22(2,3)19-9-20(28-31-19)27-21(30)25-16-7-5-14(6-8-16)17-11-23-12-18(26-17)15-10-24-29(4)13-15/h5-13H,1-4H3,(H2,25,27,28,30). The fraction of sp³-hybridized carbons (Fsp3) is 0.227. The van der Waals surface area contributed by atoms with Gasteiger partial charge in [-0.3, -0.25) is 15.0 Å². The van der Waals surface area contributed by atoms with Crippen LogP contribution in [-0.4, -0.2) is 30.9 Å². The fourth-order valence-electron chi connectivity index (χ4n) is 2.89. The van der Waals surface area contributed by atoms with Crippen molar-refractivity contribution in [2.45, 2.75) is 26.2 Å². The van der Waals surface area contributed by atoms with Crippen LogP contribution >= 0.6 is 0 Å². The van der Waals surface area contributed by atoms with E-state index in [2.05, 4.69) is 30.9 Å². The maximum atomic E-state index is 12.3. The number of anilines is 2. The van der Waals surface area contributed by atoms with Crippen molar-refractivity contribution in [3.05, 3.63) is 60.9 Å². The van der Waals surface area contributed by atoms with Crippen LogP contribution in [0.3, 0.4) is 0 Å². The van der Waals surface area contributed by atoms with Crippen LogP contribution in [0.1, 0.15) is 26.5 Å². The van der Waals surface area contributed by atoms with Crippen molar-refractivity contribution >= 4 is 17.5 Å². The Balaban J connectivity index is 1.43. The number of rotatable bonds is 4. The molecule has 2 amide bonds. The first-order valence-electron chi connectivity index (χ1n) is 9.75. The maximum absolute atomic E-state index is 12.3. The molecule has 4 aromatic rings. The largest absolute Gasteiger partial charge is 0.359 e. The zero-order valence-corrected chi connectivity index (χ0v) is 17.7. The molecule has 0 fully saturated rings. The number of urea groups is 1. The highest BCUT2D eigenvalue weighted by Crippen LogP contribution is 2.25. The average molecular weight is 417 g/mol. The molecule has 0 bridgehead atoms. The SMILES string of the molecule is Cn1cc(-c2cncc(-c3ccc(NC(=O)Nc4cc(C(C)(C)C)on4)cc3)n2)cn1. The second kappa shape index (κ2) is 8.02. The molecule has 3 heterocycles. The second-order valence-corrected chi connectivity index (χ2v) is 8.18. The summed E-state index contributed by atoms with van der Waals surface area (Å²) in [7, 11) is 1.86. The van der Waals surface area contributed by atoms with Crippen molar-refractivity contribution < 1.29 is 9.32 Å². The van der Waals surface area contributed by atoms with E-state index in [-0.39, 0.29) is 5.41 Å². The van der Waals surface area contributed by atoms with Crippen molar-refractivity contribution in [1.29, 1.82) is 0 Å². The summed E-state index contributed by atoms with van der Waals surface area (Å²) >= 11 is 0. The van der Waals surface area contributed by atoms with E-state index in [0.717, 1.165) is 22.5 Å². The minimum absolute atomic E-state index is 0.184. The van der Waals surface area contributed by atoms with E-state index in [4.69, 9.17) is 4.52 Å². The first-order chi connectivity index (χ1) is 14.8. The highest BCUT2D eigenvalue weighted by molar-refractivity contribution is 5.99. The van der Waals surface area contributed by atoms with Crippen LogP contribution in [0.15, 0.2) is 59.6 Å². The molecule has 0 saturated carbocycles. The van der Waals surface area contributed by atoms with Gasteiger partial charge in [-0.25, -0.2) is 9.78 Å². The van der Waals surface area contributed by atoms with Crippen molar-refractivity contribution in [3.63, 3.8) is 0 Å². The molecule has 3 aromatic heterocycles. The monoisotopic (exact) mass is 417 g/mol. The molecule has 0 aliphatic heterocycles. The van der Waals surface area contributed by atoms with Crippen LogP contribution in [0.2, 0.25) is 0 Å². The maximum Gasteiger partial charge on any atom is 0.324 e. The van der Waals surface area contributed by atoms with Crippen LogP contribution < -0.4 is 10.6 Å². The molecule has 0 aliphatic rings. The van der Waals surface area contributed by atoms with Gasteiger partial charge in [-0.1, -0.05) is 38.1 Å². The van der Waals surface area contributed by atoms with Crippen molar-refractivity contribution in [2.75, 3.05) is 10.6 Å². The zero-order valence-electron chi connectivity index (χ0n) is 17.7. The smallest absolute Gasteiger partial charge is 0.324 e. The number of hydrogen-bond donors (Lipinski definition) is 2. The highest BCUT2D eigenvalue weighted by Gasteiger charge is 2.20. The molecule has 0 aliphatic carbocycles. The second-order valence-electron chi connectivity index (χ2n) is 8.18. The molecular weight excluding hydrogens is 394 g/mol. The van der Waals surface area contributed by atoms with E-state index in [1.165, 1.54) is 0 Å². The third-order valence-corrected chi connectivity index (χ3v) is 4.56. The van der Waals surface area contributed by atoms with E-state index in [1.807, 2.05) is 46.1 Å². The van der Waals surface area contributed by atoms with Gasteiger partial charge in [-0.05, 0) is 12.1 Å². The van der Waals surface area contributed by atoms with E-state index in [1.54, 1.807) is 41.5 Å². The van der Waals surface area contributed by atoms with Gasteiger partial charge < -0.3 is 9.84 Å². The summed E-state index contributed by atoms with van der Waals surface area (Å²) in [5, 5.41) is 13.5. The van der Waals surface area contributed by atoms with E-state index in [0.29, 0.717) is 17.3 Å². The lowest BCUT2D eigenvalue weighted by Gasteiger charge is -2.12. The van der Waals surface area contributed by atoms with Gasteiger partial charge in [0, 0.05) is 41.5 Å². The average Bonchev–Trinajstić information content (AvgIpc) is 3.38. The third kappa shape index (κ3) is 4.77. The van der Waals surface area contributed by atoms with Crippen molar-refractivity contribution in [3.8, 4) is 22.5 Å². The molecule has 31 heavy (non-hydrogen) atoms. The summed E-state index contributed by atoms with van der Waals surface area (Å²) in [6.07, 6.45) is 7.04. The Bertz CT molecular complexity index is 1200. The minimum atomic E-state index is -0.403. The van der Waals surface area contributed by atoms with Crippen molar-refractivity contribution in [2.24, 2.45) is 7.05 Å². The summed E-state index contributed by atoms with van der Waals surface area (Å²) < 4.78 is 7.00. The summed E-state index contributed by atoms with van der Waals surface area (Å²) in [6.45, 7) is 6.03. The molecule has 9 nitrogen and oxygen atoms in total. The number of nitrogens with zero attached hydrogens (tertiary/aromatic N) is 5. The fourth-order valence-corrected chi connectivity index (χ4v) is 2.89. The molecule has 0 unspecified atom stereocenters. The van der Waals surface area contributed by atoms with Gasteiger partial charge in [0.2, 0.25) is 0 Å². The van der Waals surface area contributed by atoms with Crippen LogP contribution in [-0.2, 0) is 12.5 Å². The van der Waals surface area contributed by atoms with Gasteiger partial charge in [0.1, 0.15) is 5.76 Å². The first-order valence-corrected chi connectivity index (χ1v) is 9.75. The molecule has 0 spiro atoms. The Morgan fingerprint density at radius 3 is 2.32 bits per heavy atom. The lowest BCUT2D eigenvalue weighted by Crippen LogP contribution is -2.19. The van der Waals surface area contributed by atoms with Gasteiger partial charge in [0.25, 0.3) is 0 Å². The molecular formula is C22H23N7O2. The van der Waals surface area contributed by atoms with E-state index < -0.39 is 6.03 Å². The molecule has 9 heteroatoms. The molecule has 0 atom stereocenters. The number of benzene rings is 1. The topological polar surface area (TPSA) is 111 Å². The van der Waals surface area contributed by atoms with Crippen LogP contribution in [0.25, 0.3) is 22.5 Å². The van der Waals surface area contributed by atoms with Gasteiger partial charge in [0.15, 0.2) is 5.82 Å². The summed E-state index contributed by atoms with van der Waals surface area (Å²) in [4.78, 5) is 21.2. The Labute approximate surface area is 179 Å². The van der Waals surface area contributed by atoms with Crippen LogP contribution in [0.5, 0.6) is 0 Å². The Kier molecular flexibility index (Phi) is 5.24. The predicted octanol–water partition coefficient (Wildman–Crippen LogP) is 4.47. The number of carbonyl (C=O) groups excluding carboxylic acids is 1. The van der Waals surface area contributed by atoms with Gasteiger partial charge in [-0.15, -0.1) is 0 Å². The molecule has 1 aromatic carbocycles. The van der Waals surface area contributed by atoms with Crippen LogP contribution in [0.4, 0.5) is 16.3 Å². The number of hydrogen-bond acceptors (Lipinski definition) is 6. The quantitative estimate of drug-likeness (QED) is 0.507. The number of aryl methyl sites for hydroxylation is 1. The molecule has 0 radical (unpaired) electrons. The Morgan fingerprint density at radius 2 is 1.71 bits per heavy atom. The molecule has 0 saturated heterocycles. The number of carbonyl (C=O) groups is 1. The Hall–Kier alpha value is -4.01. The molecule has 158 valence electrons. The molecule has 2 N–H and O–H groups in total. The normalized spacial score (nSPS) is 11.4.